The average molecular weight is 363 g/mol. The van der Waals surface area contributed by atoms with Gasteiger partial charge in [-0.25, -0.2) is 16.8 Å². The highest BCUT2D eigenvalue weighted by molar-refractivity contribution is 8.04. The molecule has 2 aromatic rings. The molecule has 5 nitrogen and oxygen atoms in total. The summed E-state index contributed by atoms with van der Waals surface area (Å²) in [4.78, 5) is -0.0883. The summed E-state index contributed by atoms with van der Waals surface area (Å²) >= 11 is 0. The number of rotatable bonds is 5. The van der Waals surface area contributed by atoms with Crippen LogP contribution in [0.3, 0.4) is 0 Å². The smallest absolute Gasteiger partial charge is 0.200 e. The van der Waals surface area contributed by atoms with Crippen molar-refractivity contribution in [3.63, 3.8) is 0 Å². The first-order chi connectivity index (χ1) is 11.4. The molecule has 0 unspecified atom stereocenters. The van der Waals surface area contributed by atoms with Gasteiger partial charge in [-0.2, -0.15) is 3.71 Å². The third-order valence-electron chi connectivity index (χ3n) is 3.77. The number of nitrogens with zero attached hydrogens (tertiary/aromatic N) is 1. The Morgan fingerprint density at radius 2 is 1.17 bits per heavy atom. The first-order valence-electron chi connectivity index (χ1n) is 7.54. The highest BCUT2D eigenvalue weighted by Gasteiger charge is 2.38. The molecule has 0 atom stereocenters. The van der Waals surface area contributed by atoms with E-state index in [-0.39, 0.29) is 9.79 Å². The summed E-state index contributed by atoms with van der Waals surface area (Å²) in [6.45, 7) is 0. The van der Waals surface area contributed by atoms with E-state index in [9.17, 15) is 16.8 Å². The van der Waals surface area contributed by atoms with Gasteiger partial charge in [-0.1, -0.05) is 42.5 Å². The molecular formula is C17H17NO4S2. The molecule has 126 valence electrons. The molecule has 0 aromatic heterocycles. The van der Waals surface area contributed by atoms with E-state index in [2.05, 4.69) is 0 Å². The second kappa shape index (κ2) is 6.41. The Hall–Kier alpha value is -2.12. The van der Waals surface area contributed by atoms with E-state index in [0.717, 1.165) is 6.42 Å². The van der Waals surface area contributed by atoms with Gasteiger partial charge in [-0.15, -0.1) is 0 Å². The maximum Gasteiger partial charge on any atom is 0.277 e. The van der Waals surface area contributed by atoms with Gasteiger partial charge in [-0.05, 0) is 43.5 Å². The van der Waals surface area contributed by atoms with E-state index in [1.807, 2.05) is 0 Å². The van der Waals surface area contributed by atoms with Crippen molar-refractivity contribution in [3.05, 3.63) is 72.4 Å². The number of benzene rings is 2. The lowest BCUT2D eigenvalue weighted by Gasteiger charge is -2.25. The Bertz CT molecular complexity index is 881. The molecule has 0 spiro atoms. The van der Waals surface area contributed by atoms with Crippen LogP contribution in [0.5, 0.6) is 0 Å². The van der Waals surface area contributed by atoms with Crippen molar-refractivity contribution < 1.29 is 16.8 Å². The molecule has 0 N–H and O–H groups in total. The highest BCUT2D eigenvalue weighted by Crippen LogP contribution is 2.33. The molecule has 0 saturated carbocycles. The molecule has 0 radical (unpaired) electrons. The van der Waals surface area contributed by atoms with Crippen molar-refractivity contribution in [2.45, 2.75) is 29.1 Å². The summed E-state index contributed by atoms with van der Waals surface area (Å²) < 4.78 is 52.8. The van der Waals surface area contributed by atoms with Crippen molar-refractivity contribution >= 4 is 20.0 Å². The first kappa shape index (κ1) is 16.7. The Labute approximate surface area is 142 Å². The number of hydrogen-bond acceptors (Lipinski definition) is 4. The molecule has 0 heterocycles. The van der Waals surface area contributed by atoms with Gasteiger partial charge in [0.25, 0.3) is 20.0 Å². The molecule has 0 bridgehead atoms. The predicted octanol–water partition coefficient (Wildman–Crippen LogP) is 3.13. The Morgan fingerprint density at radius 1 is 0.708 bits per heavy atom. The van der Waals surface area contributed by atoms with E-state index < -0.39 is 20.0 Å². The lowest BCUT2D eigenvalue weighted by Crippen LogP contribution is -2.35. The van der Waals surface area contributed by atoms with Crippen molar-refractivity contribution in [1.82, 2.24) is 3.71 Å². The first-order valence-corrected chi connectivity index (χ1v) is 10.4. The van der Waals surface area contributed by atoms with E-state index in [0.29, 0.717) is 22.2 Å². The minimum absolute atomic E-state index is 0.0442. The van der Waals surface area contributed by atoms with Crippen LogP contribution < -0.4 is 0 Å². The molecule has 7 heteroatoms. The fraction of sp³-hybridized carbons (Fsp3) is 0.176. The SMILES string of the molecule is O=S(=O)(c1ccccc1)N(C1=CCCC1)S(=O)(=O)c1ccccc1. The normalized spacial score (nSPS) is 15.1. The molecular weight excluding hydrogens is 346 g/mol. The average Bonchev–Trinajstić information content (AvgIpc) is 3.10. The maximum absolute atomic E-state index is 13.0. The number of allylic oxidation sites excluding steroid dienone is 2. The van der Waals surface area contributed by atoms with E-state index in [1.165, 1.54) is 24.3 Å². The lowest BCUT2D eigenvalue weighted by molar-refractivity contribution is 0.523. The third-order valence-corrected chi connectivity index (χ3v) is 8.03. The van der Waals surface area contributed by atoms with Crippen molar-refractivity contribution in [2.75, 3.05) is 0 Å². The van der Waals surface area contributed by atoms with Crippen LogP contribution in [0.25, 0.3) is 0 Å². The quantitative estimate of drug-likeness (QED) is 0.818. The van der Waals surface area contributed by atoms with Gasteiger partial charge in [0.15, 0.2) is 0 Å². The van der Waals surface area contributed by atoms with E-state index in [1.54, 1.807) is 42.5 Å². The summed E-state index contributed by atoms with van der Waals surface area (Å²) in [7, 11) is -8.43. The van der Waals surface area contributed by atoms with Gasteiger partial charge in [0, 0.05) is 5.70 Å². The molecule has 24 heavy (non-hydrogen) atoms. The maximum atomic E-state index is 13.0. The second-order valence-corrected chi connectivity index (χ2v) is 9.23. The molecule has 3 rings (SSSR count). The van der Waals surface area contributed by atoms with Crippen LogP contribution in [0.15, 0.2) is 82.2 Å². The monoisotopic (exact) mass is 363 g/mol. The lowest BCUT2D eigenvalue weighted by atomic mass is 10.3. The predicted molar refractivity (Wildman–Crippen MR) is 91.0 cm³/mol. The van der Waals surface area contributed by atoms with Gasteiger partial charge in [0.05, 0.1) is 9.79 Å². The third kappa shape index (κ3) is 2.97. The topological polar surface area (TPSA) is 71.5 Å². The van der Waals surface area contributed by atoms with Gasteiger partial charge in [0.2, 0.25) is 0 Å². The van der Waals surface area contributed by atoms with Gasteiger partial charge >= 0.3 is 0 Å². The van der Waals surface area contributed by atoms with Crippen LogP contribution in [0.1, 0.15) is 19.3 Å². The summed E-state index contributed by atoms with van der Waals surface area (Å²) in [5.41, 5.74) is 0.308. The molecule has 2 aromatic carbocycles. The van der Waals surface area contributed by atoms with Crippen LogP contribution >= 0.6 is 0 Å². The van der Waals surface area contributed by atoms with Crippen LogP contribution in [0.4, 0.5) is 0 Å². The second-order valence-electron chi connectivity index (χ2n) is 5.42. The van der Waals surface area contributed by atoms with Gasteiger partial charge in [0.1, 0.15) is 0 Å². The van der Waals surface area contributed by atoms with Crippen LogP contribution in [0.2, 0.25) is 0 Å². The Kier molecular flexibility index (Phi) is 4.47. The summed E-state index contributed by atoms with van der Waals surface area (Å²) in [6.07, 6.45) is 3.50. The molecule has 0 amide bonds. The summed E-state index contributed by atoms with van der Waals surface area (Å²) in [5.74, 6) is 0. The highest BCUT2D eigenvalue weighted by atomic mass is 32.3. The zero-order chi connectivity index (χ0) is 17.2. The fourth-order valence-corrected chi connectivity index (χ4v) is 6.52. The Balaban J connectivity index is 2.19. The fourth-order valence-electron chi connectivity index (χ4n) is 2.63. The molecule has 1 aliphatic carbocycles. The van der Waals surface area contributed by atoms with Crippen LogP contribution in [0, 0.1) is 0 Å². The van der Waals surface area contributed by atoms with Gasteiger partial charge < -0.3 is 0 Å². The van der Waals surface area contributed by atoms with Crippen LogP contribution in [-0.4, -0.2) is 20.5 Å². The van der Waals surface area contributed by atoms with Crippen molar-refractivity contribution in [2.24, 2.45) is 0 Å². The van der Waals surface area contributed by atoms with Gasteiger partial charge in [-0.3, -0.25) is 0 Å². The Morgan fingerprint density at radius 3 is 1.54 bits per heavy atom. The minimum atomic E-state index is -4.21. The van der Waals surface area contributed by atoms with Crippen molar-refractivity contribution in [3.8, 4) is 0 Å². The molecule has 1 aliphatic rings. The molecule has 0 saturated heterocycles. The summed E-state index contributed by atoms with van der Waals surface area (Å²) in [6, 6.07) is 15.3. The molecule has 0 aliphatic heterocycles. The number of sulfonamides is 2. The largest absolute Gasteiger partial charge is 0.277 e. The van der Waals surface area contributed by atoms with E-state index in [4.69, 9.17) is 0 Å². The van der Waals surface area contributed by atoms with E-state index >= 15 is 0 Å². The van der Waals surface area contributed by atoms with Crippen molar-refractivity contribution in [1.29, 1.82) is 0 Å². The van der Waals surface area contributed by atoms with Crippen LogP contribution in [-0.2, 0) is 20.0 Å². The summed E-state index contributed by atoms with van der Waals surface area (Å²) in [5, 5.41) is 0. The number of hydrogen-bond donors (Lipinski definition) is 0. The standard InChI is InChI=1S/C17H17NO4S2/c19-23(20,16-11-3-1-4-12-16)18(15-9-7-8-10-15)24(21,22)17-13-5-2-6-14-17/h1-6,9,11-14H,7-8,10H2. The zero-order valence-corrected chi connectivity index (χ0v) is 14.5. The minimum Gasteiger partial charge on any atom is -0.200 e. The zero-order valence-electron chi connectivity index (χ0n) is 12.9. The molecule has 0 fully saturated rings.